The smallest absolute Gasteiger partial charge is 0.260 e. The second kappa shape index (κ2) is 7.41. The first-order valence-electron chi connectivity index (χ1n) is 11.2. The second-order valence-corrected chi connectivity index (χ2v) is 9.06. The Bertz CT molecular complexity index is 1450. The largest absolute Gasteiger partial charge is 0.326 e. The standard InChI is InChI=1S/C24H21F3N6O/c1-12-9-28-23-16(10-29-32(23)11-12)24(34)33-14-4-3-5-19(33)21-15(8-14)22(31(2)30-21)13-6-17(25)20(27)18(26)7-13/h6-7,9-11,14,19H,3-5,8H2,1-2H3/t14-,19+/m0/s1. The first-order valence-corrected chi connectivity index (χ1v) is 11.2. The SMILES string of the molecule is Cc1cnc2c(C(=O)N3[C@H]4CCC[C@@H]3c3nn(C)c(-c5cc(F)c(F)c(F)c5)c3C4)cnn2c1. The maximum absolute atomic E-state index is 14.0. The predicted octanol–water partition coefficient (Wildman–Crippen LogP) is 4.15. The van der Waals surface area contributed by atoms with Crippen LogP contribution in [0.5, 0.6) is 0 Å². The summed E-state index contributed by atoms with van der Waals surface area (Å²) >= 11 is 0. The number of carbonyl (C=O) groups excluding carboxylic acids is 1. The van der Waals surface area contributed by atoms with Gasteiger partial charge in [-0.1, -0.05) is 0 Å². The van der Waals surface area contributed by atoms with Crippen molar-refractivity contribution in [1.82, 2.24) is 29.3 Å². The van der Waals surface area contributed by atoms with Crippen molar-refractivity contribution in [3.05, 3.63) is 70.6 Å². The van der Waals surface area contributed by atoms with Gasteiger partial charge < -0.3 is 4.90 Å². The summed E-state index contributed by atoms with van der Waals surface area (Å²) in [5.74, 6) is -4.13. The van der Waals surface area contributed by atoms with E-state index in [-0.39, 0.29) is 23.6 Å². The van der Waals surface area contributed by atoms with E-state index in [4.69, 9.17) is 0 Å². The van der Waals surface area contributed by atoms with E-state index in [0.29, 0.717) is 29.0 Å². The lowest BCUT2D eigenvalue weighted by molar-refractivity contribution is 0.0393. The van der Waals surface area contributed by atoms with Crippen LogP contribution in [0.3, 0.4) is 0 Å². The highest BCUT2D eigenvalue weighted by atomic mass is 19.2. The highest BCUT2D eigenvalue weighted by molar-refractivity contribution is 6.00. The van der Waals surface area contributed by atoms with Gasteiger partial charge in [0.2, 0.25) is 0 Å². The molecule has 1 saturated heterocycles. The van der Waals surface area contributed by atoms with Crippen molar-refractivity contribution in [2.75, 3.05) is 0 Å². The molecule has 0 aliphatic carbocycles. The molecule has 0 N–H and O–H groups in total. The van der Waals surface area contributed by atoms with Gasteiger partial charge in [-0.15, -0.1) is 0 Å². The number of aromatic nitrogens is 5. The van der Waals surface area contributed by atoms with Crippen LogP contribution < -0.4 is 0 Å². The van der Waals surface area contributed by atoms with E-state index in [0.717, 1.165) is 42.5 Å². The number of amides is 1. The minimum absolute atomic E-state index is 0.0998. The van der Waals surface area contributed by atoms with E-state index in [1.54, 1.807) is 28.6 Å². The molecule has 174 valence electrons. The molecule has 2 bridgehead atoms. The topological polar surface area (TPSA) is 68.3 Å². The third-order valence-electron chi connectivity index (χ3n) is 6.88. The Kier molecular flexibility index (Phi) is 4.55. The average Bonchev–Trinajstić information content (AvgIpc) is 3.36. The summed E-state index contributed by atoms with van der Waals surface area (Å²) in [7, 11) is 1.69. The van der Waals surface area contributed by atoms with Gasteiger partial charge in [-0.05, 0) is 50.3 Å². The highest BCUT2D eigenvalue weighted by Crippen LogP contribution is 2.45. The summed E-state index contributed by atoms with van der Waals surface area (Å²) in [4.78, 5) is 20.0. The van der Waals surface area contributed by atoms with Crippen LogP contribution in [0.4, 0.5) is 13.2 Å². The summed E-state index contributed by atoms with van der Waals surface area (Å²) in [6.07, 6.45) is 8.03. The first kappa shape index (κ1) is 20.9. The number of aryl methyl sites for hydroxylation is 2. The highest BCUT2D eigenvalue weighted by Gasteiger charge is 2.44. The van der Waals surface area contributed by atoms with Crippen molar-refractivity contribution in [2.45, 2.75) is 44.7 Å². The minimum atomic E-state index is -1.49. The molecule has 0 unspecified atom stereocenters. The van der Waals surface area contributed by atoms with Gasteiger partial charge in [-0.3, -0.25) is 9.48 Å². The number of halogens is 3. The van der Waals surface area contributed by atoms with Gasteiger partial charge >= 0.3 is 0 Å². The summed E-state index contributed by atoms with van der Waals surface area (Å²) in [5.41, 5.74) is 4.20. The molecular weight excluding hydrogens is 445 g/mol. The van der Waals surface area contributed by atoms with Crippen molar-refractivity contribution in [3.8, 4) is 11.3 Å². The second-order valence-electron chi connectivity index (χ2n) is 9.06. The molecule has 34 heavy (non-hydrogen) atoms. The van der Waals surface area contributed by atoms with Gasteiger partial charge in [0.25, 0.3) is 5.91 Å². The Morgan fingerprint density at radius 2 is 1.88 bits per heavy atom. The van der Waals surface area contributed by atoms with Crippen LogP contribution in [-0.4, -0.2) is 41.2 Å². The Labute approximate surface area is 192 Å². The van der Waals surface area contributed by atoms with E-state index in [2.05, 4.69) is 15.2 Å². The molecule has 2 aliphatic heterocycles. The number of nitrogens with zero attached hydrogens (tertiary/aromatic N) is 6. The van der Waals surface area contributed by atoms with Crippen molar-refractivity contribution < 1.29 is 18.0 Å². The molecule has 6 rings (SSSR count). The number of hydrogen-bond donors (Lipinski definition) is 0. The maximum Gasteiger partial charge on any atom is 0.260 e. The Balaban J connectivity index is 1.44. The lowest BCUT2D eigenvalue weighted by Gasteiger charge is -2.45. The van der Waals surface area contributed by atoms with Gasteiger partial charge in [0.1, 0.15) is 5.56 Å². The van der Waals surface area contributed by atoms with E-state index in [1.807, 2.05) is 18.0 Å². The maximum atomic E-state index is 14.0. The predicted molar refractivity (Wildman–Crippen MR) is 116 cm³/mol. The van der Waals surface area contributed by atoms with Crippen molar-refractivity contribution in [3.63, 3.8) is 0 Å². The molecule has 1 amide bonds. The lowest BCUT2D eigenvalue weighted by Crippen LogP contribution is -2.49. The number of fused-ring (bicyclic) bond motifs is 5. The van der Waals surface area contributed by atoms with Crippen LogP contribution in [-0.2, 0) is 13.5 Å². The van der Waals surface area contributed by atoms with Gasteiger partial charge in [0.15, 0.2) is 23.1 Å². The van der Waals surface area contributed by atoms with Crippen LogP contribution in [0, 0.1) is 24.4 Å². The fourth-order valence-electron chi connectivity index (χ4n) is 5.46. The molecule has 2 atom stereocenters. The third-order valence-corrected chi connectivity index (χ3v) is 6.88. The number of rotatable bonds is 2. The number of hydrogen-bond acceptors (Lipinski definition) is 4. The normalized spacial score (nSPS) is 19.5. The minimum Gasteiger partial charge on any atom is -0.326 e. The van der Waals surface area contributed by atoms with Gasteiger partial charge in [0, 0.05) is 36.6 Å². The first-order chi connectivity index (χ1) is 16.3. The fourth-order valence-corrected chi connectivity index (χ4v) is 5.46. The van der Waals surface area contributed by atoms with Gasteiger partial charge in [-0.25, -0.2) is 22.7 Å². The molecule has 0 spiro atoms. The van der Waals surface area contributed by atoms with Gasteiger partial charge in [-0.2, -0.15) is 10.2 Å². The molecule has 1 aromatic carbocycles. The van der Waals surface area contributed by atoms with E-state index in [9.17, 15) is 18.0 Å². The molecule has 5 heterocycles. The fraction of sp³-hybridized carbons (Fsp3) is 0.333. The Morgan fingerprint density at radius 3 is 2.65 bits per heavy atom. The molecule has 3 aromatic heterocycles. The molecular formula is C24H21F3N6O. The third kappa shape index (κ3) is 2.97. The monoisotopic (exact) mass is 466 g/mol. The summed E-state index contributed by atoms with van der Waals surface area (Å²) < 4.78 is 44.7. The zero-order valence-corrected chi connectivity index (χ0v) is 18.6. The molecule has 2 aliphatic rings. The molecule has 7 nitrogen and oxygen atoms in total. The molecule has 1 fully saturated rings. The van der Waals surface area contributed by atoms with Crippen LogP contribution in [0.2, 0.25) is 0 Å². The van der Waals surface area contributed by atoms with E-state index >= 15 is 0 Å². The van der Waals surface area contributed by atoms with Crippen LogP contribution >= 0.6 is 0 Å². The summed E-state index contributed by atoms with van der Waals surface area (Å²) in [6.45, 7) is 1.91. The van der Waals surface area contributed by atoms with Crippen LogP contribution in [0.15, 0.2) is 30.7 Å². The quantitative estimate of drug-likeness (QED) is 0.417. The molecule has 0 saturated carbocycles. The van der Waals surface area contributed by atoms with Crippen LogP contribution in [0.1, 0.15) is 52.5 Å². The number of piperidine rings is 1. The zero-order valence-electron chi connectivity index (χ0n) is 18.6. The molecule has 10 heteroatoms. The van der Waals surface area contributed by atoms with Crippen molar-refractivity contribution >= 4 is 11.6 Å². The number of benzene rings is 1. The van der Waals surface area contributed by atoms with Crippen LogP contribution in [0.25, 0.3) is 16.9 Å². The molecule has 0 radical (unpaired) electrons. The molecule has 4 aromatic rings. The Hall–Kier alpha value is -3.69. The Morgan fingerprint density at radius 1 is 1.12 bits per heavy atom. The zero-order chi connectivity index (χ0) is 23.7. The van der Waals surface area contributed by atoms with Crippen molar-refractivity contribution in [2.24, 2.45) is 7.05 Å². The number of carbonyl (C=O) groups is 1. The summed E-state index contributed by atoms with van der Waals surface area (Å²) in [5, 5.41) is 8.97. The lowest BCUT2D eigenvalue weighted by atomic mass is 9.81. The van der Waals surface area contributed by atoms with Gasteiger partial charge in [0.05, 0.1) is 23.6 Å². The van der Waals surface area contributed by atoms with E-state index < -0.39 is 17.5 Å². The average molecular weight is 466 g/mol. The van der Waals surface area contributed by atoms with E-state index in [1.165, 1.54) is 0 Å². The summed E-state index contributed by atoms with van der Waals surface area (Å²) in [6, 6.07) is 1.62. The van der Waals surface area contributed by atoms with Crippen molar-refractivity contribution in [1.29, 1.82) is 0 Å².